The Hall–Kier alpha value is -1.84. The van der Waals surface area contributed by atoms with Gasteiger partial charge in [0.05, 0.1) is 0 Å². The minimum absolute atomic E-state index is 0.327. The number of nitrogens with two attached hydrogens (primary N) is 1. The molecule has 1 aliphatic carbocycles. The van der Waals surface area contributed by atoms with E-state index in [-0.39, 0.29) is 0 Å². The molecule has 1 aliphatic rings. The Morgan fingerprint density at radius 3 is 2.81 bits per heavy atom. The van der Waals surface area contributed by atoms with Crippen molar-refractivity contribution in [3.8, 4) is 0 Å². The van der Waals surface area contributed by atoms with E-state index in [0.717, 1.165) is 25.0 Å². The first-order chi connectivity index (χ1) is 7.77. The van der Waals surface area contributed by atoms with Gasteiger partial charge in [-0.05, 0) is 24.8 Å². The van der Waals surface area contributed by atoms with Crippen LogP contribution in [-0.2, 0) is 0 Å². The van der Waals surface area contributed by atoms with E-state index < -0.39 is 6.03 Å². The average molecular weight is 217 g/mol. The number of nitrogens with zero attached hydrogens (tertiary/aromatic N) is 1. The number of carbonyl (C=O) groups is 1. The monoisotopic (exact) mass is 217 g/mol. The molecule has 84 valence electrons. The zero-order chi connectivity index (χ0) is 11.4. The molecule has 1 saturated carbocycles. The molecule has 16 heavy (non-hydrogen) atoms. The summed E-state index contributed by atoms with van der Waals surface area (Å²) in [6, 6.07) is 9.62. The summed E-state index contributed by atoms with van der Waals surface area (Å²) in [7, 11) is 0. The average Bonchev–Trinajstić information content (AvgIpc) is 2.75. The van der Waals surface area contributed by atoms with E-state index in [0.29, 0.717) is 5.92 Å². The van der Waals surface area contributed by atoms with Crippen LogP contribution >= 0.6 is 0 Å². The van der Waals surface area contributed by atoms with Crippen LogP contribution in [0.5, 0.6) is 0 Å². The number of hydrazone groups is 1. The molecule has 1 unspecified atom stereocenters. The molecule has 1 fully saturated rings. The van der Waals surface area contributed by atoms with Gasteiger partial charge in [-0.3, -0.25) is 0 Å². The first kappa shape index (κ1) is 10.7. The lowest BCUT2D eigenvalue weighted by molar-refractivity contribution is 0.249. The van der Waals surface area contributed by atoms with E-state index in [4.69, 9.17) is 5.73 Å². The second kappa shape index (κ2) is 4.79. The van der Waals surface area contributed by atoms with Crippen LogP contribution in [0.25, 0.3) is 0 Å². The molecule has 0 aromatic heterocycles. The minimum Gasteiger partial charge on any atom is -0.350 e. The molecule has 3 N–H and O–H groups in total. The standard InChI is InChI=1S/C12H15N3O/c13-12(16)15-14-11-8-4-7-10(11)9-5-2-1-3-6-9/h1-3,5-6,10H,4,7-8H2,(H3,13,15,16)/b14-11-. The second-order valence-corrected chi connectivity index (χ2v) is 3.93. The third-order valence-electron chi connectivity index (χ3n) is 2.84. The number of rotatable bonds is 2. The molecule has 0 bridgehead atoms. The van der Waals surface area contributed by atoms with E-state index in [1.165, 1.54) is 5.56 Å². The van der Waals surface area contributed by atoms with Crippen LogP contribution in [0.3, 0.4) is 0 Å². The van der Waals surface area contributed by atoms with Gasteiger partial charge in [0, 0.05) is 11.6 Å². The molecule has 1 aromatic carbocycles. The summed E-state index contributed by atoms with van der Waals surface area (Å²) in [5.41, 5.74) is 9.58. The number of hydrogen-bond acceptors (Lipinski definition) is 2. The van der Waals surface area contributed by atoms with Crippen molar-refractivity contribution >= 4 is 11.7 Å². The van der Waals surface area contributed by atoms with E-state index in [9.17, 15) is 4.79 Å². The fraction of sp³-hybridized carbons (Fsp3) is 0.333. The second-order valence-electron chi connectivity index (χ2n) is 3.93. The maximum Gasteiger partial charge on any atom is 0.332 e. The lowest BCUT2D eigenvalue weighted by Crippen LogP contribution is -2.26. The summed E-state index contributed by atoms with van der Waals surface area (Å²) in [6.07, 6.45) is 3.13. The molecular formula is C12H15N3O. The van der Waals surface area contributed by atoms with Crippen molar-refractivity contribution in [1.29, 1.82) is 0 Å². The molecule has 0 spiro atoms. The van der Waals surface area contributed by atoms with Gasteiger partial charge in [0.1, 0.15) is 0 Å². The van der Waals surface area contributed by atoms with E-state index in [1.54, 1.807) is 0 Å². The fourth-order valence-corrected chi connectivity index (χ4v) is 2.13. The molecule has 2 amide bonds. The van der Waals surface area contributed by atoms with Crippen molar-refractivity contribution in [1.82, 2.24) is 5.43 Å². The first-order valence-corrected chi connectivity index (χ1v) is 5.44. The van der Waals surface area contributed by atoms with Gasteiger partial charge in [0.25, 0.3) is 0 Å². The Morgan fingerprint density at radius 2 is 2.12 bits per heavy atom. The lowest BCUT2D eigenvalue weighted by atomic mass is 9.96. The fourth-order valence-electron chi connectivity index (χ4n) is 2.13. The van der Waals surface area contributed by atoms with Crippen LogP contribution in [0, 0.1) is 0 Å². The van der Waals surface area contributed by atoms with Gasteiger partial charge in [-0.25, -0.2) is 10.2 Å². The van der Waals surface area contributed by atoms with Crippen LogP contribution in [0.15, 0.2) is 35.4 Å². The topological polar surface area (TPSA) is 67.5 Å². The van der Waals surface area contributed by atoms with Crippen molar-refractivity contribution in [2.24, 2.45) is 10.8 Å². The quantitative estimate of drug-likeness (QED) is 0.731. The summed E-state index contributed by atoms with van der Waals surface area (Å²) in [5.74, 6) is 0.327. The summed E-state index contributed by atoms with van der Waals surface area (Å²) >= 11 is 0. The smallest absolute Gasteiger partial charge is 0.332 e. The third-order valence-corrected chi connectivity index (χ3v) is 2.84. The predicted molar refractivity (Wildman–Crippen MR) is 63.2 cm³/mol. The van der Waals surface area contributed by atoms with Gasteiger partial charge in [-0.15, -0.1) is 0 Å². The normalized spacial score (nSPS) is 22.2. The third kappa shape index (κ3) is 2.39. The molecule has 1 aromatic rings. The molecule has 0 saturated heterocycles. The summed E-state index contributed by atoms with van der Waals surface area (Å²) in [5, 5.41) is 4.07. The van der Waals surface area contributed by atoms with E-state index >= 15 is 0 Å². The van der Waals surface area contributed by atoms with Crippen molar-refractivity contribution in [3.05, 3.63) is 35.9 Å². The van der Waals surface area contributed by atoms with Gasteiger partial charge < -0.3 is 5.73 Å². The van der Waals surface area contributed by atoms with E-state index in [2.05, 4.69) is 22.7 Å². The predicted octanol–water partition coefficient (Wildman–Crippen LogP) is 1.98. The number of hydrogen-bond donors (Lipinski definition) is 2. The summed E-state index contributed by atoms with van der Waals surface area (Å²) in [4.78, 5) is 10.6. The number of primary amides is 1. The maximum atomic E-state index is 10.6. The number of urea groups is 1. The van der Waals surface area contributed by atoms with Crippen LogP contribution in [0.4, 0.5) is 4.79 Å². The highest BCUT2D eigenvalue weighted by Crippen LogP contribution is 2.31. The summed E-state index contributed by atoms with van der Waals surface area (Å²) in [6.45, 7) is 0. The molecular weight excluding hydrogens is 202 g/mol. The Bertz CT molecular complexity index is 400. The van der Waals surface area contributed by atoms with Crippen LogP contribution in [0.1, 0.15) is 30.7 Å². The number of carbonyl (C=O) groups excluding carboxylic acids is 1. The molecule has 4 nitrogen and oxygen atoms in total. The van der Waals surface area contributed by atoms with Gasteiger partial charge in [0.15, 0.2) is 0 Å². The first-order valence-electron chi connectivity index (χ1n) is 5.44. The van der Waals surface area contributed by atoms with Gasteiger partial charge in [-0.2, -0.15) is 5.10 Å². The lowest BCUT2D eigenvalue weighted by Gasteiger charge is -2.10. The van der Waals surface area contributed by atoms with Gasteiger partial charge in [0.2, 0.25) is 0 Å². The number of benzene rings is 1. The summed E-state index contributed by atoms with van der Waals surface area (Å²) < 4.78 is 0. The maximum absolute atomic E-state index is 10.6. The Balaban J connectivity index is 2.15. The molecule has 0 heterocycles. The van der Waals surface area contributed by atoms with E-state index in [1.807, 2.05) is 18.2 Å². The molecule has 2 rings (SSSR count). The SMILES string of the molecule is NC(=O)N/N=C1/CCCC1c1ccccc1. The molecule has 4 heteroatoms. The minimum atomic E-state index is -0.605. The van der Waals surface area contributed by atoms with Crippen molar-refractivity contribution in [2.45, 2.75) is 25.2 Å². The molecule has 1 atom stereocenters. The zero-order valence-corrected chi connectivity index (χ0v) is 9.02. The van der Waals surface area contributed by atoms with Gasteiger partial charge >= 0.3 is 6.03 Å². The van der Waals surface area contributed by atoms with Gasteiger partial charge in [-0.1, -0.05) is 30.3 Å². The highest BCUT2D eigenvalue weighted by atomic mass is 16.2. The van der Waals surface area contributed by atoms with Crippen molar-refractivity contribution < 1.29 is 4.79 Å². The van der Waals surface area contributed by atoms with Crippen LogP contribution in [0.2, 0.25) is 0 Å². The Labute approximate surface area is 94.5 Å². The zero-order valence-electron chi connectivity index (χ0n) is 9.02. The van der Waals surface area contributed by atoms with Crippen molar-refractivity contribution in [2.75, 3.05) is 0 Å². The molecule has 0 radical (unpaired) electrons. The number of amides is 2. The van der Waals surface area contributed by atoms with Crippen LogP contribution in [-0.4, -0.2) is 11.7 Å². The highest BCUT2D eigenvalue weighted by molar-refractivity contribution is 5.93. The highest BCUT2D eigenvalue weighted by Gasteiger charge is 2.24. The van der Waals surface area contributed by atoms with Crippen molar-refractivity contribution in [3.63, 3.8) is 0 Å². The molecule has 0 aliphatic heterocycles. The van der Waals surface area contributed by atoms with Crippen LogP contribution < -0.4 is 11.2 Å². The Kier molecular flexibility index (Phi) is 3.19. The number of nitrogens with one attached hydrogen (secondary N) is 1. The Morgan fingerprint density at radius 1 is 1.38 bits per heavy atom. The largest absolute Gasteiger partial charge is 0.350 e.